The van der Waals surface area contributed by atoms with Crippen LogP contribution in [0.5, 0.6) is 0 Å². The molecule has 4 aromatic heterocycles. The van der Waals surface area contributed by atoms with E-state index < -0.39 is 0 Å². The van der Waals surface area contributed by atoms with Crippen LogP contribution in [0.2, 0.25) is 0 Å². The number of pyridine rings is 1. The van der Waals surface area contributed by atoms with Crippen LogP contribution < -0.4 is 0 Å². The van der Waals surface area contributed by atoms with Gasteiger partial charge in [0, 0.05) is 48.2 Å². The molecule has 0 unspecified atom stereocenters. The summed E-state index contributed by atoms with van der Waals surface area (Å²) in [5.41, 5.74) is 14.3. The van der Waals surface area contributed by atoms with Crippen molar-refractivity contribution < 1.29 is 28.9 Å². The van der Waals surface area contributed by atoms with Gasteiger partial charge in [0.2, 0.25) is 5.89 Å². The molecule has 1 radical (unpaired) electrons. The molecule has 0 N–H and O–H groups in total. The summed E-state index contributed by atoms with van der Waals surface area (Å²) in [6.45, 7) is 21.8. The average Bonchev–Trinajstić information content (AvgIpc) is 4.07. The molecule has 0 saturated heterocycles. The molecular weight excluding hydrogens is 1040 g/mol. The van der Waals surface area contributed by atoms with E-state index in [9.17, 15) is 5.26 Å². The third kappa shape index (κ3) is 8.63. The van der Waals surface area contributed by atoms with E-state index >= 15 is 0 Å². The topological polar surface area (TPSA) is 93.7 Å². The number of benzene rings is 7. The van der Waals surface area contributed by atoms with E-state index in [0.29, 0.717) is 33.7 Å². The van der Waals surface area contributed by atoms with Crippen molar-refractivity contribution in [3.8, 4) is 45.5 Å². The second kappa shape index (κ2) is 18.6. The minimum absolute atomic E-state index is 0. The van der Waals surface area contributed by atoms with E-state index in [0.717, 1.165) is 60.9 Å². The number of rotatable bonds is 6. The maximum Gasteiger partial charge on any atom is 0.200 e. The molecule has 0 atom stereocenters. The number of nitriles is 1. The van der Waals surface area contributed by atoms with Crippen LogP contribution in [0.15, 0.2) is 148 Å². The minimum atomic E-state index is -0.316. The minimum Gasteiger partial charge on any atom is -0.499 e. The maximum absolute atomic E-state index is 10.5. The molecule has 0 bridgehead atoms. The van der Waals surface area contributed by atoms with Crippen LogP contribution in [0.3, 0.4) is 0 Å². The fourth-order valence-corrected chi connectivity index (χ4v) is 9.29. The van der Waals surface area contributed by atoms with E-state index in [2.05, 4.69) is 167 Å². The fraction of sp³-hybridized carbons (Fsp3) is 0.226. The Labute approximate surface area is 423 Å². The molecular formula is C62H55IrN5O2-2. The number of fused-ring (bicyclic) bond motifs is 7. The van der Waals surface area contributed by atoms with Gasteiger partial charge in [-0.05, 0) is 86.5 Å². The van der Waals surface area contributed by atoms with E-state index in [1.807, 2.05) is 69.4 Å². The van der Waals surface area contributed by atoms with Gasteiger partial charge in [-0.15, -0.1) is 54.1 Å². The molecule has 351 valence electrons. The SMILES string of the molecule is CC(C)(C)c1ccnc(-c2[c-]cccc2)c1.CC(C)c1cc(-c2ccccc2)cc(C(C)C)c1-n1c(-c2[c-]ccc3c2oc2c(C#N)c4nc(C(C)(C)C)oc4cc23)nc2ccc3ccccc3c21.[Ir]. The zero-order chi connectivity index (χ0) is 48.4. The molecule has 11 rings (SSSR count). The summed E-state index contributed by atoms with van der Waals surface area (Å²) in [7, 11) is 0. The standard InChI is InChI=1S/C47H39N4O2.C15H16N.Ir/c1-26(2)34-22-30(28-14-9-8-10-15-28)23-35(27(3)4)41(34)51-42-31-17-12-11-16-29(31)20-21-38(42)49-45(51)33-19-13-18-32-36-24-39-40(50-46(52-39)47(5,6)7)37(25-48)44(36)53-43(32)33;1-15(2,3)13-9-10-16-14(11-13)12-7-5-4-6-8-12;/h8-18,20-24,26-27H,1-7H3;4-7,9-11H,1-3H3;/q2*-1;. The van der Waals surface area contributed by atoms with E-state index in [-0.39, 0.29) is 42.8 Å². The van der Waals surface area contributed by atoms with Crippen molar-refractivity contribution in [3.63, 3.8) is 0 Å². The zero-order valence-electron chi connectivity index (χ0n) is 41.3. The Kier molecular flexibility index (Phi) is 12.7. The zero-order valence-corrected chi connectivity index (χ0v) is 43.7. The first-order valence-electron chi connectivity index (χ1n) is 23.8. The van der Waals surface area contributed by atoms with E-state index in [1.165, 1.54) is 27.8 Å². The van der Waals surface area contributed by atoms with Crippen LogP contribution in [0.4, 0.5) is 0 Å². The molecule has 70 heavy (non-hydrogen) atoms. The van der Waals surface area contributed by atoms with E-state index in [4.69, 9.17) is 18.8 Å². The van der Waals surface area contributed by atoms with Crippen molar-refractivity contribution in [1.82, 2.24) is 19.5 Å². The summed E-state index contributed by atoms with van der Waals surface area (Å²) in [4.78, 5) is 14.6. The van der Waals surface area contributed by atoms with Gasteiger partial charge in [0.15, 0.2) is 5.58 Å². The first kappa shape index (κ1) is 47.9. The second-order valence-electron chi connectivity index (χ2n) is 20.6. The van der Waals surface area contributed by atoms with Gasteiger partial charge in [-0.2, -0.15) is 5.26 Å². The van der Waals surface area contributed by atoms with Gasteiger partial charge in [-0.25, -0.2) is 4.98 Å². The van der Waals surface area contributed by atoms with Crippen molar-refractivity contribution in [2.24, 2.45) is 0 Å². The van der Waals surface area contributed by atoms with Gasteiger partial charge in [0.05, 0.1) is 22.4 Å². The molecule has 0 aliphatic rings. The van der Waals surface area contributed by atoms with Gasteiger partial charge in [-0.1, -0.05) is 147 Å². The Morgan fingerprint density at radius 2 is 1.36 bits per heavy atom. The molecule has 8 heteroatoms. The summed E-state index contributed by atoms with van der Waals surface area (Å²) in [6.07, 6.45) is 1.87. The molecule has 7 nitrogen and oxygen atoms in total. The van der Waals surface area contributed by atoms with Gasteiger partial charge in [0.25, 0.3) is 0 Å². The Balaban J connectivity index is 0.000000304. The normalized spacial score (nSPS) is 12.0. The Bertz CT molecular complexity index is 3740. The van der Waals surface area contributed by atoms with Gasteiger partial charge < -0.3 is 18.4 Å². The maximum atomic E-state index is 10.5. The predicted molar refractivity (Wildman–Crippen MR) is 282 cm³/mol. The number of oxazole rings is 1. The summed E-state index contributed by atoms with van der Waals surface area (Å²) < 4.78 is 15.4. The number of imidazole rings is 1. The van der Waals surface area contributed by atoms with Crippen molar-refractivity contribution in [2.75, 3.05) is 0 Å². The van der Waals surface area contributed by atoms with Crippen LogP contribution in [0.25, 0.3) is 94.3 Å². The Morgan fingerprint density at radius 1 is 0.643 bits per heavy atom. The largest absolute Gasteiger partial charge is 0.499 e. The van der Waals surface area contributed by atoms with E-state index in [1.54, 1.807) is 0 Å². The number of hydrogen-bond acceptors (Lipinski definition) is 6. The third-order valence-corrected chi connectivity index (χ3v) is 13.0. The second-order valence-corrected chi connectivity index (χ2v) is 20.6. The molecule has 11 aromatic rings. The molecule has 0 amide bonds. The van der Waals surface area contributed by atoms with Crippen LogP contribution in [0, 0.1) is 23.5 Å². The number of nitrogens with zero attached hydrogens (tertiary/aromatic N) is 5. The van der Waals surface area contributed by atoms with Gasteiger partial charge >= 0.3 is 0 Å². The quantitative estimate of drug-likeness (QED) is 0.154. The summed E-state index contributed by atoms with van der Waals surface area (Å²) in [6, 6.07) is 55.2. The predicted octanol–water partition coefficient (Wildman–Crippen LogP) is 16.6. The summed E-state index contributed by atoms with van der Waals surface area (Å²) in [5, 5.41) is 14.4. The van der Waals surface area contributed by atoms with Crippen LogP contribution in [0.1, 0.15) is 109 Å². The first-order chi connectivity index (χ1) is 33.1. The summed E-state index contributed by atoms with van der Waals surface area (Å²) in [5.74, 6) is 1.72. The van der Waals surface area contributed by atoms with Crippen molar-refractivity contribution in [3.05, 3.63) is 180 Å². The average molecular weight is 1090 g/mol. The fourth-order valence-electron chi connectivity index (χ4n) is 9.29. The molecule has 7 aromatic carbocycles. The van der Waals surface area contributed by atoms with Crippen LogP contribution in [-0.4, -0.2) is 19.5 Å². The molecule has 0 aliphatic carbocycles. The van der Waals surface area contributed by atoms with Crippen molar-refractivity contribution >= 4 is 54.8 Å². The van der Waals surface area contributed by atoms with Crippen molar-refractivity contribution in [1.29, 1.82) is 5.26 Å². The van der Waals surface area contributed by atoms with Crippen molar-refractivity contribution in [2.45, 2.75) is 91.9 Å². The Hall–Kier alpha value is -7.17. The molecule has 0 fully saturated rings. The summed E-state index contributed by atoms with van der Waals surface area (Å²) >= 11 is 0. The molecule has 0 saturated carbocycles. The monoisotopic (exact) mass is 1090 g/mol. The molecule has 0 spiro atoms. The van der Waals surface area contributed by atoms with Gasteiger partial charge in [0.1, 0.15) is 22.7 Å². The number of aromatic nitrogens is 4. The molecule has 0 aliphatic heterocycles. The number of furan rings is 1. The van der Waals surface area contributed by atoms with Gasteiger partial charge in [-0.3, -0.25) is 4.98 Å². The van der Waals surface area contributed by atoms with Crippen LogP contribution in [-0.2, 0) is 30.9 Å². The van der Waals surface area contributed by atoms with Crippen LogP contribution >= 0.6 is 0 Å². The molecule has 4 heterocycles. The number of hydrogen-bond donors (Lipinski definition) is 0. The Morgan fingerprint density at radius 3 is 2.03 bits per heavy atom. The third-order valence-electron chi connectivity index (χ3n) is 13.0. The first-order valence-corrected chi connectivity index (χ1v) is 23.8. The smallest absolute Gasteiger partial charge is 0.200 e.